The second-order valence-corrected chi connectivity index (χ2v) is 6.66. The van der Waals surface area contributed by atoms with Gasteiger partial charge in [0.2, 0.25) is 5.91 Å². The van der Waals surface area contributed by atoms with Crippen molar-refractivity contribution in [1.29, 1.82) is 0 Å². The molecule has 0 aliphatic carbocycles. The van der Waals surface area contributed by atoms with Crippen LogP contribution in [0.4, 0.5) is 0 Å². The molecule has 0 saturated heterocycles. The lowest BCUT2D eigenvalue weighted by Gasteiger charge is -2.30. The molecular formula is C21H25ClN2O3. The van der Waals surface area contributed by atoms with Crippen LogP contribution in [0, 0.1) is 6.92 Å². The number of benzene rings is 2. The van der Waals surface area contributed by atoms with Crippen LogP contribution in [0.25, 0.3) is 0 Å². The summed E-state index contributed by atoms with van der Waals surface area (Å²) in [5.74, 6) is 0.134. The smallest absolute Gasteiger partial charge is 0.261 e. The van der Waals surface area contributed by atoms with Crippen LogP contribution in [0.15, 0.2) is 48.5 Å². The third-order valence-corrected chi connectivity index (χ3v) is 4.65. The number of carbonyl (C=O) groups excluding carboxylic acids is 2. The van der Waals surface area contributed by atoms with Gasteiger partial charge in [-0.2, -0.15) is 0 Å². The Balaban J connectivity index is 2.20. The molecule has 0 saturated carbocycles. The summed E-state index contributed by atoms with van der Waals surface area (Å²) in [5.41, 5.74) is 1.83. The SMILES string of the molecule is CC[C@H](C(=O)NC)N(Cc1ccccc1Cl)C(=O)COc1cccc(C)c1. The number of carbonyl (C=O) groups is 2. The van der Waals surface area contributed by atoms with Crippen LogP contribution in [-0.2, 0) is 16.1 Å². The van der Waals surface area contributed by atoms with Gasteiger partial charge < -0.3 is 15.0 Å². The Morgan fingerprint density at radius 2 is 1.93 bits per heavy atom. The summed E-state index contributed by atoms with van der Waals surface area (Å²) in [5, 5.41) is 3.18. The van der Waals surface area contributed by atoms with Gasteiger partial charge in [0, 0.05) is 18.6 Å². The summed E-state index contributed by atoms with van der Waals surface area (Å²) >= 11 is 6.25. The highest BCUT2D eigenvalue weighted by Gasteiger charge is 2.28. The molecule has 1 atom stereocenters. The maximum atomic E-state index is 12.9. The molecule has 6 heteroatoms. The Labute approximate surface area is 165 Å². The largest absolute Gasteiger partial charge is 0.484 e. The molecule has 2 amide bonds. The second-order valence-electron chi connectivity index (χ2n) is 6.26. The Morgan fingerprint density at radius 1 is 1.19 bits per heavy atom. The van der Waals surface area contributed by atoms with E-state index in [1.54, 1.807) is 19.2 Å². The van der Waals surface area contributed by atoms with Crippen LogP contribution >= 0.6 is 11.6 Å². The van der Waals surface area contributed by atoms with Crippen LogP contribution in [0.1, 0.15) is 24.5 Å². The van der Waals surface area contributed by atoms with Gasteiger partial charge in [0.1, 0.15) is 11.8 Å². The Morgan fingerprint density at radius 3 is 2.56 bits per heavy atom. The first-order valence-corrected chi connectivity index (χ1v) is 9.28. The number of hydrogen-bond acceptors (Lipinski definition) is 3. The van der Waals surface area contributed by atoms with E-state index >= 15 is 0 Å². The predicted molar refractivity (Wildman–Crippen MR) is 107 cm³/mol. The van der Waals surface area contributed by atoms with Crippen LogP contribution in [0.5, 0.6) is 5.75 Å². The number of aryl methyl sites for hydroxylation is 1. The quantitative estimate of drug-likeness (QED) is 0.751. The molecular weight excluding hydrogens is 364 g/mol. The van der Waals surface area contributed by atoms with Crippen molar-refractivity contribution >= 4 is 23.4 Å². The van der Waals surface area contributed by atoms with Gasteiger partial charge >= 0.3 is 0 Å². The molecule has 0 fully saturated rings. The second kappa shape index (κ2) is 9.97. The van der Waals surface area contributed by atoms with Crippen molar-refractivity contribution in [3.05, 3.63) is 64.7 Å². The number of nitrogens with zero attached hydrogens (tertiary/aromatic N) is 1. The van der Waals surface area contributed by atoms with E-state index in [0.29, 0.717) is 17.2 Å². The standard InChI is InChI=1S/C21H25ClN2O3/c1-4-19(21(26)23-3)24(13-16-9-5-6-11-18(16)22)20(25)14-27-17-10-7-8-15(2)12-17/h5-12,19H,4,13-14H2,1-3H3,(H,23,26)/t19-/m1/s1. The minimum Gasteiger partial charge on any atom is -0.484 e. The van der Waals surface area contributed by atoms with Crippen LogP contribution in [0.3, 0.4) is 0 Å². The van der Waals surface area contributed by atoms with Crippen LogP contribution < -0.4 is 10.1 Å². The van der Waals surface area contributed by atoms with Crippen LogP contribution in [-0.4, -0.2) is 36.4 Å². The zero-order chi connectivity index (χ0) is 19.8. The summed E-state index contributed by atoms with van der Waals surface area (Å²) in [6.45, 7) is 3.91. The van der Waals surface area contributed by atoms with E-state index in [0.717, 1.165) is 11.1 Å². The maximum absolute atomic E-state index is 12.9. The third kappa shape index (κ3) is 5.73. The molecule has 0 aliphatic heterocycles. The van der Waals surface area contributed by atoms with Gasteiger partial charge in [-0.15, -0.1) is 0 Å². The molecule has 0 spiro atoms. The van der Waals surface area contributed by atoms with E-state index in [-0.39, 0.29) is 25.0 Å². The lowest BCUT2D eigenvalue weighted by Crippen LogP contribution is -2.49. The fraction of sp³-hybridized carbons (Fsp3) is 0.333. The van der Waals surface area contributed by atoms with Gasteiger partial charge in [0.25, 0.3) is 5.91 Å². The molecule has 0 bridgehead atoms. The highest BCUT2D eigenvalue weighted by atomic mass is 35.5. The molecule has 144 valence electrons. The number of nitrogens with one attached hydrogen (secondary N) is 1. The van der Waals surface area contributed by atoms with Gasteiger partial charge in [0.15, 0.2) is 6.61 Å². The summed E-state index contributed by atoms with van der Waals surface area (Å²) in [6, 6.07) is 14.2. The van der Waals surface area contributed by atoms with Gasteiger partial charge in [0.05, 0.1) is 0 Å². The van der Waals surface area contributed by atoms with Crippen molar-refractivity contribution in [3.8, 4) is 5.75 Å². The van der Waals surface area contributed by atoms with E-state index in [1.165, 1.54) is 4.90 Å². The molecule has 0 aromatic heterocycles. The first kappa shape index (κ1) is 20.8. The molecule has 2 aromatic carbocycles. The number of hydrogen-bond donors (Lipinski definition) is 1. The molecule has 0 aliphatic rings. The lowest BCUT2D eigenvalue weighted by atomic mass is 10.1. The first-order valence-electron chi connectivity index (χ1n) is 8.90. The van der Waals surface area contributed by atoms with E-state index in [9.17, 15) is 9.59 Å². The number of ether oxygens (including phenoxy) is 1. The minimum absolute atomic E-state index is 0.151. The van der Waals surface area contributed by atoms with E-state index in [4.69, 9.17) is 16.3 Å². The molecule has 5 nitrogen and oxygen atoms in total. The fourth-order valence-electron chi connectivity index (χ4n) is 2.83. The predicted octanol–water partition coefficient (Wildman–Crippen LogP) is 3.58. The van der Waals surface area contributed by atoms with E-state index in [2.05, 4.69) is 5.32 Å². The minimum atomic E-state index is -0.597. The summed E-state index contributed by atoms with van der Waals surface area (Å²) in [4.78, 5) is 26.7. The molecule has 0 heterocycles. The maximum Gasteiger partial charge on any atom is 0.261 e. The van der Waals surface area contributed by atoms with E-state index in [1.807, 2.05) is 50.2 Å². The molecule has 0 unspecified atom stereocenters. The highest BCUT2D eigenvalue weighted by molar-refractivity contribution is 6.31. The van der Waals surface area contributed by atoms with Crippen molar-refractivity contribution in [3.63, 3.8) is 0 Å². The zero-order valence-corrected chi connectivity index (χ0v) is 16.6. The Hall–Kier alpha value is -2.53. The number of rotatable bonds is 8. The van der Waals surface area contributed by atoms with Gasteiger partial charge in [-0.05, 0) is 42.7 Å². The fourth-order valence-corrected chi connectivity index (χ4v) is 3.02. The first-order chi connectivity index (χ1) is 13.0. The number of amides is 2. The summed E-state index contributed by atoms with van der Waals surface area (Å²) in [7, 11) is 1.56. The Bertz CT molecular complexity index is 795. The topological polar surface area (TPSA) is 58.6 Å². The summed E-state index contributed by atoms with van der Waals surface area (Å²) in [6.07, 6.45) is 0.486. The average molecular weight is 389 g/mol. The summed E-state index contributed by atoms with van der Waals surface area (Å²) < 4.78 is 5.65. The molecule has 2 rings (SSSR count). The van der Waals surface area contributed by atoms with Gasteiger partial charge in [-0.25, -0.2) is 0 Å². The molecule has 2 aromatic rings. The Kier molecular flexibility index (Phi) is 7.67. The molecule has 27 heavy (non-hydrogen) atoms. The van der Waals surface area contributed by atoms with Gasteiger partial charge in [-0.3, -0.25) is 9.59 Å². The lowest BCUT2D eigenvalue weighted by molar-refractivity contribution is -0.142. The van der Waals surface area contributed by atoms with Gasteiger partial charge in [-0.1, -0.05) is 48.9 Å². The monoisotopic (exact) mass is 388 g/mol. The van der Waals surface area contributed by atoms with Crippen molar-refractivity contribution in [2.45, 2.75) is 32.9 Å². The van der Waals surface area contributed by atoms with Crippen LogP contribution in [0.2, 0.25) is 5.02 Å². The normalized spacial score (nSPS) is 11.6. The zero-order valence-electron chi connectivity index (χ0n) is 15.9. The van der Waals surface area contributed by atoms with Crippen molar-refractivity contribution in [1.82, 2.24) is 10.2 Å². The highest BCUT2D eigenvalue weighted by Crippen LogP contribution is 2.20. The van der Waals surface area contributed by atoms with Crippen molar-refractivity contribution in [2.24, 2.45) is 0 Å². The third-order valence-electron chi connectivity index (χ3n) is 4.28. The van der Waals surface area contributed by atoms with E-state index < -0.39 is 6.04 Å². The average Bonchev–Trinajstić information content (AvgIpc) is 2.67. The van der Waals surface area contributed by atoms with Crippen molar-refractivity contribution in [2.75, 3.05) is 13.7 Å². The number of halogens is 1. The molecule has 0 radical (unpaired) electrons. The number of likely N-dealkylation sites (N-methyl/N-ethyl adjacent to an activating group) is 1. The van der Waals surface area contributed by atoms with Crippen molar-refractivity contribution < 1.29 is 14.3 Å². The molecule has 1 N–H and O–H groups in total.